The van der Waals surface area contributed by atoms with Gasteiger partial charge in [-0.2, -0.15) is 5.10 Å². The predicted octanol–water partition coefficient (Wildman–Crippen LogP) is 2.43. The van der Waals surface area contributed by atoms with Gasteiger partial charge in [-0.3, -0.25) is 9.48 Å². The topological polar surface area (TPSA) is 74.6 Å². The van der Waals surface area contributed by atoms with Crippen molar-refractivity contribution in [1.82, 2.24) is 9.78 Å². The van der Waals surface area contributed by atoms with Crippen LogP contribution in [0.1, 0.15) is 29.6 Å². The smallest absolute Gasteiger partial charge is 0.255 e. The van der Waals surface area contributed by atoms with E-state index in [0.717, 1.165) is 19.4 Å². The maximum absolute atomic E-state index is 12.3. The normalized spacial score (nSPS) is 19.2. The van der Waals surface area contributed by atoms with Crippen LogP contribution in [0.3, 0.4) is 0 Å². The van der Waals surface area contributed by atoms with Crippen molar-refractivity contribution >= 4 is 11.6 Å². The third-order valence-corrected chi connectivity index (χ3v) is 4.19. The molecule has 1 unspecified atom stereocenters. The summed E-state index contributed by atoms with van der Waals surface area (Å²) in [4.78, 5) is 12.3. The monoisotopic (exact) mass is 329 g/mol. The summed E-state index contributed by atoms with van der Waals surface area (Å²) in [5.41, 5.74) is 1.18. The minimum absolute atomic E-state index is 0.191. The lowest BCUT2D eigenvalue weighted by Crippen LogP contribution is -2.24. The Morgan fingerprint density at radius 1 is 1.29 bits per heavy atom. The fraction of sp³-hybridized carbons (Fsp3) is 0.412. The first-order valence-electron chi connectivity index (χ1n) is 8.13. The molecule has 126 valence electrons. The van der Waals surface area contributed by atoms with E-state index in [1.165, 1.54) is 6.42 Å². The van der Waals surface area contributed by atoms with Crippen molar-refractivity contribution in [3.05, 3.63) is 36.2 Å². The summed E-state index contributed by atoms with van der Waals surface area (Å²) in [7, 11) is 0. The van der Waals surface area contributed by atoms with Crippen molar-refractivity contribution in [3.8, 4) is 11.5 Å². The lowest BCUT2D eigenvalue weighted by atomic mass is 10.1. The molecule has 2 aromatic rings. The molecule has 0 aliphatic carbocycles. The second-order valence-corrected chi connectivity index (χ2v) is 5.96. The maximum atomic E-state index is 12.3. The highest BCUT2D eigenvalue weighted by Gasteiger charge is 2.17. The van der Waals surface area contributed by atoms with E-state index in [1.807, 2.05) is 10.9 Å². The van der Waals surface area contributed by atoms with E-state index in [1.54, 1.807) is 24.4 Å². The molecule has 7 nitrogen and oxygen atoms in total. The van der Waals surface area contributed by atoms with Crippen molar-refractivity contribution in [2.45, 2.75) is 31.9 Å². The number of hydrogen-bond acceptors (Lipinski definition) is 5. The third-order valence-electron chi connectivity index (χ3n) is 4.19. The molecule has 1 fully saturated rings. The number of rotatable bonds is 4. The molecule has 3 heterocycles. The average molecular weight is 329 g/mol. The number of fused-ring (bicyclic) bond motifs is 1. The van der Waals surface area contributed by atoms with Crippen LogP contribution in [0, 0.1) is 0 Å². The number of carbonyl (C=O) groups is 1. The molecule has 4 rings (SSSR count). The SMILES string of the molecule is O=C(Nc1cnn(CC2CCCCO2)c1)c1ccc2c(c1)OCO2. The Hall–Kier alpha value is -2.54. The van der Waals surface area contributed by atoms with Crippen LogP contribution < -0.4 is 14.8 Å². The number of nitrogens with one attached hydrogen (secondary N) is 1. The van der Waals surface area contributed by atoms with Crippen molar-refractivity contribution < 1.29 is 19.0 Å². The Balaban J connectivity index is 1.39. The Morgan fingerprint density at radius 2 is 2.21 bits per heavy atom. The van der Waals surface area contributed by atoms with E-state index >= 15 is 0 Å². The summed E-state index contributed by atoms with van der Waals surface area (Å²) in [6.07, 6.45) is 7.05. The zero-order chi connectivity index (χ0) is 16.4. The highest BCUT2D eigenvalue weighted by Crippen LogP contribution is 2.32. The Kier molecular flexibility index (Phi) is 4.08. The molecular weight excluding hydrogens is 310 g/mol. The van der Waals surface area contributed by atoms with Gasteiger partial charge < -0.3 is 19.5 Å². The molecule has 0 spiro atoms. The predicted molar refractivity (Wildman–Crippen MR) is 86.3 cm³/mol. The van der Waals surface area contributed by atoms with E-state index < -0.39 is 0 Å². The van der Waals surface area contributed by atoms with Gasteiger partial charge >= 0.3 is 0 Å². The first kappa shape index (κ1) is 15.0. The summed E-state index contributed by atoms with van der Waals surface area (Å²) < 4.78 is 18.1. The van der Waals surface area contributed by atoms with Gasteiger partial charge in [0.05, 0.1) is 24.5 Å². The van der Waals surface area contributed by atoms with Gasteiger partial charge in [0.1, 0.15) is 0 Å². The second-order valence-electron chi connectivity index (χ2n) is 5.96. The summed E-state index contributed by atoms with van der Waals surface area (Å²) in [6.45, 7) is 1.72. The highest BCUT2D eigenvalue weighted by molar-refractivity contribution is 6.04. The van der Waals surface area contributed by atoms with Gasteiger partial charge in [-0.1, -0.05) is 0 Å². The number of amides is 1. The van der Waals surface area contributed by atoms with Crippen LogP contribution in [0.25, 0.3) is 0 Å². The quantitative estimate of drug-likeness (QED) is 0.932. The largest absolute Gasteiger partial charge is 0.454 e. The summed E-state index contributed by atoms with van der Waals surface area (Å²) >= 11 is 0. The molecule has 2 aliphatic rings. The van der Waals surface area contributed by atoms with E-state index in [2.05, 4.69) is 10.4 Å². The molecule has 1 amide bonds. The first-order chi connectivity index (χ1) is 11.8. The molecule has 2 aliphatic heterocycles. The van der Waals surface area contributed by atoms with Gasteiger partial charge in [0.25, 0.3) is 5.91 Å². The Morgan fingerprint density at radius 3 is 3.08 bits per heavy atom. The summed E-state index contributed by atoms with van der Waals surface area (Å²) in [5.74, 6) is 1.04. The van der Waals surface area contributed by atoms with Crippen LogP contribution in [0.15, 0.2) is 30.6 Å². The Bertz CT molecular complexity index is 737. The van der Waals surface area contributed by atoms with E-state index in [-0.39, 0.29) is 18.8 Å². The minimum atomic E-state index is -0.207. The van der Waals surface area contributed by atoms with Crippen LogP contribution in [0.5, 0.6) is 11.5 Å². The molecule has 1 atom stereocenters. The van der Waals surface area contributed by atoms with E-state index in [4.69, 9.17) is 14.2 Å². The fourth-order valence-corrected chi connectivity index (χ4v) is 2.93. The number of hydrogen-bond donors (Lipinski definition) is 1. The summed E-state index contributed by atoms with van der Waals surface area (Å²) in [6, 6.07) is 5.13. The summed E-state index contributed by atoms with van der Waals surface area (Å²) in [5, 5.41) is 7.14. The van der Waals surface area contributed by atoms with Gasteiger partial charge in [-0.15, -0.1) is 0 Å². The standard InChI is InChI=1S/C17H19N3O4/c21-17(12-4-5-15-16(7-12)24-11-23-15)19-13-8-18-20(9-13)10-14-3-1-2-6-22-14/h4-5,7-9,14H,1-3,6,10-11H2,(H,19,21). The fourth-order valence-electron chi connectivity index (χ4n) is 2.93. The lowest BCUT2D eigenvalue weighted by molar-refractivity contribution is 0.00400. The van der Waals surface area contributed by atoms with Crippen LogP contribution in [-0.2, 0) is 11.3 Å². The van der Waals surface area contributed by atoms with Crippen LogP contribution in [0.2, 0.25) is 0 Å². The van der Waals surface area contributed by atoms with Crippen molar-refractivity contribution in [2.24, 2.45) is 0 Å². The third kappa shape index (κ3) is 3.21. The number of nitrogens with zero attached hydrogens (tertiary/aromatic N) is 2. The van der Waals surface area contributed by atoms with Crippen molar-refractivity contribution in [2.75, 3.05) is 18.7 Å². The molecule has 7 heteroatoms. The molecule has 1 N–H and O–H groups in total. The number of carbonyl (C=O) groups excluding carboxylic acids is 1. The highest BCUT2D eigenvalue weighted by atomic mass is 16.7. The van der Waals surface area contributed by atoms with Crippen LogP contribution in [-0.4, -0.2) is 35.2 Å². The lowest BCUT2D eigenvalue weighted by Gasteiger charge is -2.22. The molecular formula is C17H19N3O4. The van der Waals surface area contributed by atoms with Gasteiger partial charge in [-0.05, 0) is 37.5 Å². The first-order valence-corrected chi connectivity index (χ1v) is 8.13. The number of ether oxygens (including phenoxy) is 3. The number of aromatic nitrogens is 2. The average Bonchev–Trinajstić information content (AvgIpc) is 3.24. The van der Waals surface area contributed by atoms with Crippen molar-refractivity contribution in [1.29, 1.82) is 0 Å². The zero-order valence-corrected chi connectivity index (χ0v) is 13.2. The van der Waals surface area contributed by atoms with Crippen LogP contribution >= 0.6 is 0 Å². The van der Waals surface area contributed by atoms with Gasteiger partial charge in [0, 0.05) is 18.4 Å². The van der Waals surface area contributed by atoms with E-state index in [9.17, 15) is 4.79 Å². The molecule has 1 aromatic carbocycles. The minimum Gasteiger partial charge on any atom is -0.454 e. The van der Waals surface area contributed by atoms with Gasteiger partial charge in [0.2, 0.25) is 6.79 Å². The molecule has 0 radical (unpaired) electrons. The molecule has 0 bridgehead atoms. The molecule has 1 aromatic heterocycles. The zero-order valence-electron chi connectivity index (χ0n) is 13.2. The van der Waals surface area contributed by atoms with Crippen LogP contribution in [0.4, 0.5) is 5.69 Å². The number of anilines is 1. The maximum Gasteiger partial charge on any atom is 0.255 e. The van der Waals surface area contributed by atoms with Gasteiger partial charge in [-0.25, -0.2) is 0 Å². The second kappa shape index (κ2) is 6.52. The molecule has 24 heavy (non-hydrogen) atoms. The Labute approximate surface area is 139 Å². The molecule has 0 saturated carbocycles. The van der Waals surface area contributed by atoms with Gasteiger partial charge in [0.15, 0.2) is 11.5 Å². The van der Waals surface area contributed by atoms with E-state index in [0.29, 0.717) is 29.3 Å². The number of benzene rings is 1. The molecule has 1 saturated heterocycles. The van der Waals surface area contributed by atoms with Crippen molar-refractivity contribution in [3.63, 3.8) is 0 Å².